The molecule has 1 aliphatic heterocycles. The largest absolute Gasteiger partial charge is 0.274 e. The van der Waals surface area contributed by atoms with Gasteiger partial charge in [0.15, 0.2) is 0 Å². The number of alkyl halides is 1. The van der Waals surface area contributed by atoms with Gasteiger partial charge in [0.05, 0.1) is 6.04 Å². The smallest absolute Gasteiger partial charge is 0.267 e. The Kier molecular flexibility index (Phi) is 2.06. The minimum absolute atomic E-state index is 0.0529. The Morgan fingerprint density at radius 2 is 1.90 bits per heavy atom. The Morgan fingerprint density at radius 3 is 2.60 bits per heavy atom. The summed E-state index contributed by atoms with van der Waals surface area (Å²) >= 11 is 5.90. The van der Waals surface area contributed by atoms with E-state index in [0.717, 1.165) is 35.7 Å². The van der Waals surface area contributed by atoms with Gasteiger partial charge in [-0.25, -0.2) is 5.01 Å². The van der Waals surface area contributed by atoms with Gasteiger partial charge in [0, 0.05) is 29.5 Å². The minimum atomic E-state index is 0.0529. The normalized spacial score (nSPS) is 42.0. The fourth-order valence-corrected chi connectivity index (χ4v) is 4.95. The van der Waals surface area contributed by atoms with Gasteiger partial charge in [-0.3, -0.25) is 4.79 Å². The van der Waals surface area contributed by atoms with Crippen molar-refractivity contribution in [3.63, 3.8) is 0 Å². The summed E-state index contributed by atoms with van der Waals surface area (Å²) in [6.07, 6.45) is 0.823. The number of benzene rings is 1. The Morgan fingerprint density at radius 1 is 1.15 bits per heavy atom. The highest BCUT2D eigenvalue weighted by molar-refractivity contribution is 6.19. The first-order valence-electron chi connectivity index (χ1n) is 7.35. The van der Waals surface area contributed by atoms with Crippen LogP contribution in [-0.4, -0.2) is 28.5 Å². The van der Waals surface area contributed by atoms with E-state index in [4.69, 9.17) is 11.6 Å². The molecule has 6 rings (SSSR count). The van der Waals surface area contributed by atoms with Gasteiger partial charge in [-0.05, 0) is 35.8 Å². The summed E-state index contributed by atoms with van der Waals surface area (Å²) in [5.74, 6) is 4.52. The molecule has 4 atom stereocenters. The molecule has 4 unspecified atom stereocenters. The van der Waals surface area contributed by atoms with Crippen LogP contribution in [-0.2, 0) is 0 Å². The van der Waals surface area contributed by atoms with Crippen molar-refractivity contribution < 1.29 is 4.79 Å². The van der Waals surface area contributed by atoms with Crippen molar-refractivity contribution in [1.82, 2.24) is 5.01 Å². The molecule has 0 spiro atoms. The third-order valence-corrected chi connectivity index (χ3v) is 5.79. The van der Waals surface area contributed by atoms with E-state index in [-0.39, 0.29) is 5.91 Å². The average Bonchev–Trinajstić information content (AvgIpc) is 3.25. The first-order chi connectivity index (χ1) is 9.83. The number of hydrogen-bond donors (Lipinski definition) is 0. The lowest BCUT2D eigenvalue weighted by atomic mass is 9.96. The molecule has 20 heavy (non-hydrogen) atoms. The van der Waals surface area contributed by atoms with Gasteiger partial charge in [-0.2, -0.15) is 5.10 Å². The number of rotatable bonds is 3. The summed E-state index contributed by atoms with van der Waals surface area (Å²) in [5.41, 5.74) is 1.91. The predicted octanol–water partition coefficient (Wildman–Crippen LogP) is 2.62. The van der Waals surface area contributed by atoms with Crippen LogP contribution in [0.1, 0.15) is 16.8 Å². The molecular formula is C16H15ClN2O. The maximum absolute atomic E-state index is 12.7. The summed E-state index contributed by atoms with van der Waals surface area (Å²) < 4.78 is 0. The zero-order valence-corrected chi connectivity index (χ0v) is 11.7. The van der Waals surface area contributed by atoms with Crippen molar-refractivity contribution in [2.24, 2.45) is 34.7 Å². The van der Waals surface area contributed by atoms with E-state index in [1.807, 2.05) is 30.3 Å². The van der Waals surface area contributed by atoms with Gasteiger partial charge in [-0.1, -0.05) is 18.2 Å². The first-order valence-corrected chi connectivity index (χ1v) is 7.88. The highest BCUT2D eigenvalue weighted by Crippen LogP contribution is 2.85. The fourth-order valence-electron chi connectivity index (χ4n) is 4.75. The average molecular weight is 287 g/mol. The van der Waals surface area contributed by atoms with Crippen LogP contribution in [0.3, 0.4) is 0 Å². The monoisotopic (exact) mass is 286 g/mol. The summed E-state index contributed by atoms with van der Waals surface area (Å²) in [5, 5.41) is 6.43. The van der Waals surface area contributed by atoms with Gasteiger partial charge < -0.3 is 0 Å². The van der Waals surface area contributed by atoms with Gasteiger partial charge in [0.1, 0.15) is 0 Å². The van der Waals surface area contributed by atoms with Crippen LogP contribution in [0.5, 0.6) is 0 Å². The van der Waals surface area contributed by atoms with Crippen LogP contribution < -0.4 is 0 Å². The molecule has 5 aliphatic rings. The summed E-state index contributed by atoms with van der Waals surface area (Å²) in [4.78, 5) is 12.7. The standard InChI is InChI=1S/C16H15ClN2O/c17-7-6-9-10-11-12-13(11)14(12)15(10)19(18-9)16(20)8-4-2-1-3-5-8/h1-5,10-15H,6-7H2. The molecule has 4 saturated carbocycles. The van der Waals surface area contributed by atoms with E-state index in [1.54, 1.807) is 5.01 Å². The van der Waals surface area contributed by atoms with Crippen LogP contribution in [0.4, 0.5) is 0 Å². The van der Waals surface area contributed by atoms with Crippen molar-refractivity contribution in [3.05, 3.63) is 35.9 Å². The van der Waals surface area contributed by atoms with Crippen molar-refractivity contribution in [1.29, 1.82) is 0 Å². The molecule has 1 amide bonds. The van der Waals surface area contributed by atoms with E-state index in [0.29, 0.717) is 17.8 Å². The van der Waals surface area contributed by atoms with E-state index in [2.05, 4.69) is 5.10 Å². The van der Waals surface area contributed by atoms with Gasteiger partial charge in [-0.15, -0.1) is 11.6 Å². The first kappa shape index (κ1) is 11.3. The number of carbonyl (C=O) groups excluding carboxylic acids is 1. The molecule has 3 nitrogen and oxygen atoms in total. The van der Waals surface area contributed by atoms with Gasteiger partial charge in [0.25, 0.3) is 5.91 Å². The SMILES string of the molecule is O=C(c1ccccc1)N1N=C(CCCl)C2C3C4C3C4C21. The van der Waals surface area contributed by atoms with Crippen molar-refractivity contribution in [2.75, 3.05) is 5.88 Å². The molecule has 4 heteroatoms. The van der Waals surface area contributed by atoms with Crippen LogP contribution >= 0.6 is 11.6 Å². The molecule has 1 heterocycles. The van der Waals surface area contributed by atoms with Crippen LogP contribution in [0.15, 0.2) is 35.4 Å². The molecule has 102 valence electrons. The van der Waals surface area contributed by atoms with Gasteiger partial charge >= 0.3 is 0 Å². The molecule has 4 aliphatic carbocycles. The molecule has 0 aromatic heterocycles. The van der Waals surface area contributed by atoms with Gasteiger partial charge in [0.2, 0.25) is 0 Å². The number of halogens is 1. The van der Waals surface area contributed by atoms with Crippen LogP contribution in [0, 0.1) is 29.6 Å². The molecular weight excluding hydrogens is 272 g/mol. The second-order valence-corrected chi connectivity index (χ2v) is 6.75. The maximum Gasteiger partial charge on any atom is 0.274 e. The number of nitrogens with zero attached hydrogens (tertiary/aromatic N) is 2. The molecule has 2 bridgehead atoms. The Balaban J connectivity index is 1.50. The zero-order valence-electron chi connectivity index (χ0n) is 10.9. The summed E-state index contributed by atoms with van der Waals surface area (Å²) in [7, 11) is 0. The Bertz CT molecular complexity index is 619. The maximum atomic E-state index is 12.7. The Labute approximate surface area is 122 Å². The molecule has 1 aromatic carbocycles. The third kappa shape index (κ3) is 1.23. The Hall–Kier alpha value is -1.35. The zero-order chi connectivity index (χ0) is 13.4. The van der Waals surface area contributed by atoms with Crippen molar-refractivity contribution in [2.45, 2.75) is 12.5 Å². The fraction of sp³-hybridized carbons (Fsp3) is 0.500. The van der Waals surface area contributed by atoms with Crippen LogP contribution in [0.2, 0.25) is 0 Å². The number of hydrazone groups is 1. The molecule has 4 fully saturated rings. The number of carbonyl (C=O) groups is 1. The van der Waals surface area contributed by atoms with Crippen molar-refractivity contribution >= 4 is 23.2 Å². The molecule has 0 radical (unpaired) electrons. The van der Waals surface area contributed by atoms with E-state index in [9.17, 15) is 4.79 Å². The topological polar surface area (TPSA) is 32.7 Å². The second kappa shape index (κ2) is 3.64. The minimum Gasteiger partial charge on any atom is -0.267 e. The quantitative estimate of drug-likeness (QED) is 0.786. The third-order valence-electron chi connectivity index (χ3n) is 5.60. The van der Waals surface area contributed by atoms with Crippen molar-refractivity contribution in [3.8, 4) is 0 Å². The number of hydrogen-bond acceptors (Lipinski definition) is 2. The molecule has 1 aromatic rings. The summed E-state index contributed by atoms with van der Waals surface area (Å²) in [6, 6.07) is 9.83. The number of amides is 1. The lowest BCUT2D eigenvalue weighted by Gasteiger charge is -2.21. The lowest BCUT2D eigenvalue weighted by Crippen LogP contribution is -2.35. The highest BCUT2D eigenvalue weighted by atomic mass is 35.5. The predicted molar refractivity (Wildman–Crippen MR) is 76.6 cm³/mol. The van der Waals surface area contributed by atoms with E-state index >= 15 is 0 Å². The molecule has 0 saturated heterocycles. The second-order valence-electron chi connectivity index (χ2n) is 6.37. The van der Waals surface area contributed by atoms with E-state index in [1.165, 1.54) is 5.71 Å². The van der Waals surface area contributed by atoms with Crippen LogP contribution in [0.25, 0.3) is 0 Å². The molecule has 0 N–H and O–H groups in total. The lowest BCUT2D eigenvalue weighted by molar-refractivity contribution is 0.0689. The summed E-state index contributed by atoms with van der Waals surface area (Å²) in [6.45, 7) is 0. The van der Waals surface area contributed by atoms with E-state index < -0.39 is 0 Å². The highest BCUT2D eigenvalue weighted by Gasteiger charge is 2.86.